The molecule has 0 aromatic heterocycles. The Balaban J connectivity index is 2.59. The number of carbonyl (C=O) groups excluding carboxylic acids is 2. The van der Waals surface area contributed by atoms with Gasteiger partial charge in [-0.15, -0.1) is 0 Å². The van der Waals surface area contributed by atoms with Gasteiger partial charge in [-0.1, -0.05) is 0 Å². The van der Waals surface area contributed by atoms with E-state index >= 15 is 0 Å². The maximum absolute atomic E-state index is 11.8. The molecule has 1 saturated heterocycles. The number of nitrogens with zero attached hydrogens (tertiary/aromatic N) is 2. The van der Waals surface area contributed by atoms with Gasteiger partial charge in [-0.25, -0.2) is 0 Å². The SMILES string of the molecule is CC(=O)CC(=O)N1CCCN(C)CC1C. The maximum atomic E-state index is 11.8. The third-order valence-electron chi connectivity index (χ3n) is 2.77. The predicted octanol–water partition coefficient (Wildman–Crippen LogP) is 0.518. The van der Waals surface area contributed by atoms with Crippen LogP contribution in [0.3, 0.4) is 0 Å². The average molecular weight is 212 g/mol. The molecule has 0 aromatic carbocycles. The highest BCUT2D eigenvalue weighted by Gasteiger charge is 2.24. The molecule has 1 heterocycles. The molecule has 0 spiro atoms. The van der Waals surface area contributed by atoms with Crippen molar-refractivity contribution in [2.45, 2.75) is 32.7 Å². The van der Waals surface area contributed by atoms with E-state index in [4.69, 9.17) is 0 Å². The second-order valence-corrected chi connectivity index (χ2v) is 4.43. The van der Waals surface area contributed by atoms with Gasteiger partial charge in [0.05, 0.1) is 6.42 Å². The fourth-order valence-corrected chi connectivity index (χ4v) is 2.06. The highest BCUT2D eigenvalue weighted by Crippen LogP contribution is 2.10. The monoisotopic (exact) mass is 212 g/mol. The molecule has 4 heteroatoms. The van der Waals surface area contributed by atoms with Crippen LogP contribution < -0.4 is 0 Å². The van der Waals surface area contributed by atoms with Crippen molar-refractivity contribution in [2.24, 2.45) is 0 Å². The molecule has 1 atom stereocenters. The van der Waals surface area contributed by atoms with E-state index in [9.17, 15) is 9.59 Å². The van der Waals surface area contributed by atoms with Crippen LogP contribution in [0.4, 0.5) is 0 Å². The quantitative estimate of drug-likeness (QED) is 0.626. The Morgan fingerprint density at radius 1 is 1.33 bits per heavy atom. The normalized spacial score (nSPS) is 23.7. The third kappa shape index (κ3) is 3.63. The highest BCUT2D eigenvalue weighted by atomic mass is 16.2. The van der Waals surface area contributed by atoms with Gasteiger partial charge in [0, 0.05) is 19.1 Å². The number of likely N-dealkylation sites (N-methyl/N-ethyl adjacent to an activating group) is 1. The second-order valence-electron chi connectivity index (χ2n) is 4.43. The van der Waals surface area contributed by atoms with Gasteiger partial charge in [0.15, 0.2) is 0 Å². The number of amides is 1. The molecule has 1 rings (SSSR count). The van der Waals surface area contributed by atoms with E-state index < -0.39 is 0 Å². The zero-order chi connectivity index (χ0) is 11.4. The van der Waals surface area contributed by atoms with E-state index in [0.29, 0.717) is 0 Å². The number of carbonyl (C=O) groups is 2. The van der Waals surface area contributed by atoms with Crippen molar-refractivity contribution in [3.05, 3.63) is 0 Å². The second kappa shape index (κ2) is 5.26. The van der Waals surface area contributed by atoms with Gasteiger partial charge in [0.2, 0.25) is 5.91 Å². The summed E-state index contributed by atoms with van der Waals surface area (Å²) < 4.78 is 0. The van der Waals surface area contributed by atoms with E-state index in [0.717, 1.165) is 26.1 Å². The lowest BCUT2D eigenvalue weighted by molar-refractivity contribution is -0.136. The Bertz CT molecular complexity index is 253. The van der Waals surface area contributed by atoms with Gasteiger partial charge in [0.25, 0.3) is 0 Å². The number of hydrogen-bond acceptors (Lipinski definition) is 3. The number of hydrogen-bond donors (Lipinski definition) is 0. The molecule has 1 unspecified atom stereocenters. The van der Waals surface area contributed by atoms with Crippen molar-refractivity contribution >= 4 is 11.7 Å². The molecule has 0 aliphatic carbocycles. The molecule has 86 valence electrons. The lowest BCUT2D eigenvalue weighted by atomic mass is 10.2. The molecule has 1 fully saturated rings. The Kier molecular flexibility index (Phi) is 4.27. The van der Waals surface area contributed by atoms with Crippen LogP contribution in [0.2, 0.25) is 0 Å². The molecule has 0 saturated carbocycles. The first-order chi connectivity index (χ1) is 7.00. The molecular formula is C11H20N2O2. The maximum Gasteiger partial charge on any atom is 0.230 e. The summed E-state index contributed by atoms with van der Waals surface area (Å²) in [6.45, 7) is 6.20. The molecular weight excluding hydrogens is 192 g/mol. The first-order valence-electron chi connectivity index (χ1n) is 5.48. The summed E-state index contributed by atoms with van der Waals surface area (Å²) >= 11 is 0. The van der Waals surface area contributed by atoms with Gasteiger partial charge < -0.3 is 9.80 Å². The van der Waals surface area contributed by atoms with E-state index in [-0.39, 0.29) is 24.2 Å². The first-order valence-corrected chi connectivity index (χ1v) is 5.48. The molecule has 15 heavy (non-hydrogen) atoms. The van der Waals surface area contributed by atoms with Crippen molar-refractivity contribution in [3.8, 4) is 0 Å². The van der Waals surface area contributed by atoms with Crippen molar-refractivity contribution < 1.29 is 9.59 Å². The van der Waals surface area contributed by atoms with E-state index in [1.807, 2.05) is 11.8 Å². The van der Waals surface area contributed by atoms with Crippen LogP contribution in [0.15, 0.2) is 0 Å². The predicted molar refractivity (Wildman–Crippen MR) is 58.6 cm³/mol. The Hall–Kier alpha value is -0.900. The van der Waals surface area contributed by atoms with Crippen molar-refractivity contribution in [1.29, 1.82) is 0 Å². The van der Waals surface area contributed by atoms with E-state index in [1.54, 1.807) is 0 Å². The third-order valence-corrected chi connectivity index (χ3v) is 2.77. The standard InChI is InChI=1S/C11H20N2O2/c1-9-8-12(3)5-4-6-13(9)11(15)7-10(2)14/h9H,4-8H2,1-3H3. The van der Waals surface area contributed by atoms with Gasteiger partial charge in [-0.3, -0.25) is 9.59 Å². The molecule has 1 aliphatic heterocycles. The minimum Gasteiger partial charge on any atom is -0.338 e. The fourth-order valence-electron chi connectivity index (χ4n) is 2.06. The smallest absolute Gasteiger partial charge is 0.230 e. The van der Waals surface area contributed by atoms with Crippen LogP contribution in [0.5, 0.6) is 0 Å². The van der Waals surface area contributed by atoms with Crippen molar-refractivity contribution in [1.82, 2.24) is 9.80 Å². The van der Waals surface area contributed by atoms with Gasteiger partial charge >= 0.3 is 0 Å². The molecule has 0 bridgehead atoms. The van der Waals surface area contributed by atoms with Crippen LogP contribution in [-0.2, 0) is 9.59 Å². The fraction of sp³-hybridized carbons (Fsp3) is 0.818. The summed E-state index contributed by atoms with van der Waals surface area (Å²) in [6, 6.07) is 0.212. The minimum atomic E-state index is -0.0511. The van der Waals surface area contributed by atoms with Gasteiger partial charge in [0.1, 0.15) is 5.78 Å². The first kappa shape index (κ1) is 12.2. The summed E-state index contributed by atoms with van der Waals surface area (Å²) in [7, 11) is 2.06. The molecule has 4 nitrogen and oxygen atoms in total. The van der Waals surface area contributed by atoms with E-state index in [1.165, 1.54) is 6.92 Å². The lowest BCUT2D eigenvalue weighted by Gasteiger charge is -2.27. The van der Waals surface area contributed by atoms with Gasteiger partial charge in [-0.05, 0) is 33.9 Å². The van der Waals surface area contributed by atoms with Crippen molar-refractivity contribution in [2.75, 3.05) is 26.7 Å². The molecule has 0 N–H and O–H groups in total. The van der Waals surface area contributed by atoms with Crippen LogP contribution in [-0.4, -0.2) is 54.2 Å². The van der Waals surface area contributed by atoms with Crippen LogP contribution in [0, 0.1) is 0 Å². The number of Topliss-reactive ketones (excluding diaryl/α,β-unsaturated/α-hetero) is 1. The topological polar surface area (TPSA) is 40.6 Å². The average Bonchev–Trinajstić information content (AvgIpc) is 2.25. The summed E-state index contributed by atoms with van der Waals surface area (Å²) in [5, 5.41) is 0. The van der Waals surface area contributed by atoms with Crippen LogP contribution in [0.25, 0.3) is 0 Å². The molecule has 0 radical (unpaired) electrons. The van der Waals surface area contributed by atoms with Crippen LogP contribution >= 0.6 is 0 Å². The zero-order valence-electron chi connectivity index (χ0n) is 9.82. The largest absolute Gasteiger partial charge is 0.338 e. The Labute approximate surface area is 91.2 Å². The zero-order valence-corrected chi connectivity index (χ0v) is 9.82. The minimum absolute atomic E-state index is 0.0229. The summed E-state index contributed by atoms with van der Waals surface area (Å²) in [5.74, 6) is -0.0740. The number of rotatable bonds is 2. The summed E-state index contributed by atoms with van der Waals surface area (Å²) in [6.07, 6.45) is 1.04. The Morgan fingerprint density at radius 2 is 2.00 bits per heavy atom. The lowest BCUT2D eigenvalue weighted by Crippen LogP contribution is -2.42. The molecule has 1 amide bonds. The van der Waals surface area contributed by atoms with Crippen molar-refractivity contribution in [3.63, 3.8) is 0 Å². The highest BCUT2D eigenvalue weighted by molar-refractivity contribution is 5.96. The number of ketones is 1. The Morgan fingerprint density at radius 3 is 2.60 bits per heavy atom. The van der Waals surface area contributed by atoms with Crippen LogP contribution in [0.1, 0.15) is 26.7 Å². The summed E-state index contributed by atoms with van der Waals surface area (Å²) in [4.78, 5) is 26.7. The molecule has 0 aromatic rings. The van der Waals surface area contributed by atoms with E-state index in [2.05, 4.69) is 11.9 Å². The summed E-state index contributed by atoms with van der Waals surface area (Å²) in [5.41, 5.74) is 0. The molecule has 1 aliphatic rings. The van der Waals surface area contributed by atoms with Gasteiger partial charge in [-0.2, -0.15) is 0 Å².